The number of carbonyl (C=O) groups is 1. The van der Waals surface area contributed by atoms with E-state index in [0.29, 0.717) is 25.1 Å². The largest absolute Gasteiger partial charge is 0.383 e. The number of nitrogens with one attached hydrogen (secondary N) is 1. The van der Waals surface area contributed by atoms with Crippen LogP contribution >= 0.6 is 0 Å². The lowest BCUT2D eigenvalue weighted by Gasteiger charge is -2.40. The number of nitrogens with zero attached hydrogens (tertiary/aromatic N) is 1. The van der Waals surface area contributed by atoms with E-state index < -0.39 is 0 Å². The highest BCUT2D eigenvalue weighted by molar-refractivity contribution is 5.95. The lowest BCUT2D eigenvalue weighted by Crippen LogP contribution is -2.41. The highest BCUT2D eigenvalue weighted by Crippen LogP contribution is 2.34. The summed E-state index contributed by atoms with van der Waals surface area (Å²) in [6.45, 7) is 5.61. The molecule has 4 nitrogen and oxygen atoms in total. The van der Waals surface area contributed by atoms with Gasteiger partial charge in [0.1, 0.15) is 0 Å². The number of anilines is 1. The summed E-state index contributed by atoms with van der Waals surface area (Å²) < 4.78 is 4.95. The van der Waals surface area contributed by atoms with Crippen LogP contribution in [0.4, 0.5) is 5.69 Å². The summed E-state index contributed by atoms with van der Waals surface area (Å²) in [5.41, 5.74) is 3.27. The van der Waals surface area contributed by atoms with Crippen molar-refractivity contribution in [1.82, 2.24) is 5.32 Å². The quantitative estimate of drug-likeness (QED) is 0.847. The second kappa shape index (κ2) is 6.94. The Morgan fingerprint density at radius 3 is 2.90 bits per heavy atom. The van der Waals surface area contributed by atoms with Crippen LogP contribution in [0.2, 0.25) is 0 Å². The molecule has 1 aliphatic heterocycles. The molecule has 4 heteroatoms. The number of hydrogen-bond acceptors (Lipinski definition) is 3. The summed E-state index contributed by atoms with van der Waals surface area (Å²) in [5, 5.41) is 2.87. The zero-order chi connectivity index (χ0) is 15.4. The Hall–Kier alpha value is -1.55. The van der Waals surface area contributed by atoms with E-state index in [1.807, 2.05) is 12.1 Å². The molecule has 1 amide bonds. The molecule has 21 heavy (non-hydrogen) atoms. The molecule has 1 heterocycles. The molecule has 0 aliphatic carbocycles. The highest BCUT2D eigenvalue weighted by atomic mass is 16.5. The predicted octanol–water partition coefficient (Wildman–Crippen LogP) is 2.47. The number of amides is 1. The summed E-state index contributed by atoms with van der Waals surface area (Å²) in [4.78, 5) is 14.5. The molecule has 0 aromatic heterocycles. The smallest absolute Gasteiger partial charge is 0.251 e. The zero-order valence-electron chi connectivity index (χ0n) is 13.5. The normalized spacial score (nSPS) is 21.0. The van der Waals surface area contributed by atoms with Crippen molar-refractivity contribution >= 4 is 11.6 Å². The van der Waals surface area contributed by atoms with Crippen molar-refractivity contribution in [1.29, 1.82) is 0 Å². The van der Waals surface area contributed by atoms with Gasteiger partial charge in [0.15, 0.2) is 0 Å². The number of benzene rings is 1. The van der Waals surface area contributed by atoms with Crippen LogP contribution in [0.3, 0.4) is 0 Å². The average Bonchev–Trinajstić information content (AvgIpc) is 2.47. The molecule has 0 saturated carbocycles. The maximum Gasteiger partial charge on any atom is 0.251 e. The summed E-state index contributed by atoms with van der Waals surface area (Å²) in [5.74, 6) is 0.585. The van der Waals surface area contributed by atoms with Gasteiger partial charge in [0, 0.05) is 38.0 Å². The van der Waals surface area contributed by atoms with E-state index in [0.717, 1.165) is 18.4 Å². The summed E-state index contributed by atoms with van der Waals surface area (Å²) in [7, 11) is 3.79. The number of fused-ring (bicyclic) bond motifs is 1. The molecule has 1 aromatic rings. The number of hydrogen-bond donors (Lipinski definition) is 1. The standard InChI is InChI=1S/C17H26N2O2/c1-5-15-12(2)10-14-11-13(6-7-16(14)19(15)3)17(20)18-8-9-21-4/h6-7,11-12,15H,5,8-10H2,1-4H3,(H,18,20)/t12-,15+/m1/s1. The van der Waals surface area contributed by atoms with Gasteiger partial charge in [0.2, 0.25) is 0 Å². The Bertz CT molecular complexity index is 502. The summed E-state index contributed by atoms with van der Waals surface area (Å²) >= 11 is 0. The minimum absolute atomic E-state index is 0.0252. The molecule has 2 atom stereocenters. The van der Waals surface area contributed by atoms with Gasteiger partial charge >= 0.3 is 0 Å². The summed E-state index contributed by atoms with van der Waals surface area (Å²) in [6, 6.07) is 6.62. The molecule has 0 unspecified atom stereocenters. The summed E-state index contributed by atoms with van der Waals surface area (Å²) in [6.07, 6.45) is 2.19. The molecule has 116 valence electrons. The van der Waals surface area contributed by atoms with Crippen LogP contribution in [0.1, 0.15) is 36.2 Å². The van der Waals surface area contributed by atoms with Gasteiger partial charge in [0.25, 0.3) is 5.91 Å². The van der Waals surface area contributed by atoms with Gasteiger partial charge in [-0.2, -0.15) is 0 Å². The minimum Gasteiger partial charge on any atom is -0.383 e. The molecular formula is C17H26N2O2. The fraction of sp³-hybridized carbons (Fsp3) is 0.588. The van der Waals surface area contributed by atoms with E-state index in [1.165, 1.54) is 11.3 Å². The molecule has 1 N–H and O–H groups in total. The van der Waals surface area contributed by atoms with Crippen molar-refractivity contribution in [3.8, 4) is 0 Å². The number of carbonyl (C=O) groups excluding carboxylic acids is 1. The third-order valence-electron chi connectivity index (χ3n) is 4.43. The first kappa shape index (κ1) is 15.8. The van der Waals surface area contributed by atoms with Crippen molar-refractivity contribution in [2.75, 3.05) is 32.2 Å². The monoisotopic (exact) mass is 290 g/mol. The van der Waals surface area contributed by atoms with Crippen LogP contribution < -0.4 is 10.2 Å². The first-order valence-corrected chi connectivity index (χ1v) is 7.71. The second-order valence-corrected chi connectivity index (χ2v) is 5.86. The van der Waals surface area contributed by atoms with Crippen LogP contribution in [-0.4, -0.2) is 39.3 Å². The molecule has 0 saturated heterocycles. The van der Waals surface area contributed by atoms with Crippen LogP contribution in [-0.2, 0) is 11.2 Å². The van der Waals surface area contributed by atoms with Crippen molar-refractivity contribution in [2.45, 2.75) is 32.7 Å². The molecule has 0 fully saturated rings. The topological polar surface area (TPSA) is 41.6 Å². The lowest BCUT2D eigenvalue weighted by molar-refractivity contribution is 0.0937. The molecule has 1 aliphatic rings. The fourth-order valence-corrected chi connectivity index (χ4v) is 3.32. The van der Waals surface area contributed by atoms with Gasteiger partial charge in [-0.3, -0.25) is 4.79 Å². The first-order valence-electron chi connectivity index (χ1n) is 7.71. The van der Waals surface area contributed by atoms with E-state index >= 15 is 0 Å². The Labute approximate surface area is 127 Å². The molecule has 0 radical (unpaired) electrons. The minimum atomic E-state index is -0.0252. The number of methoxy groups -OCH3 is 1. The van der Waals surface area contributed by atoms with Crippen LogP contribution in [0.25, 0.3) is 0 Å². The Balaban J connectivity index is 2.16. The maximum atomic E-state index is 12.1. The van der Waals surface area contributed by atoms with E-state index in [-0.39, 0.29) is 5.91 Å². The van der Waals surface area contributed by atoms with Crippen LogP contribution in [0.15, 0.2) is 18.2 Å². The van der Waals surface area contributed by atoms with E-state index in [1.54, 1.807) is 7.11 Å². The van der Waals surface area contributed by atoms with Gasteiger partial charge in [0.05, 0.1) is 6.61 Å². The third-order valence-corrected chi connectivity index (χ3v) is 4.43. The van der Waals surface area contributed by atoms with Crippen LogP contribution in [0, 0.1) is 5.92 Å². The zero-order valence-corrected chi connectivity index (χ0v) is 13.5. The van der Waals surface area contributed by atoms with Crippen molar-refractivity contribution in [2.24, 2.45) is 5.92 Å². The van der Waals surface area contributed by atoms with Gasteiger partial charge in [-0.1, -0.05) is 13.8 Å². The van der Waals surface area contributed by atoms with Gasteiger partial charge in [-0.05, 0) is 42.5 Å². The Kier molecular flexibility index (Phi) is 5.23. The van der Waals surface area contributed by atoms with Gasteiger partial charge in [-0.15, -0.1) is 0 Å². The molecule has 2 rings (SSSR count). The van der Waals surface area contributed by atoms with Crippen LogP contribution in [0.5, 0.6) is 0 Å². The van der Waals surface area contributed by atoms with E-state index in [2.05, 4.69) is 37.2 Å². The first-order chi connectivity index (χ1) is 10.1. The second-order valence-electron chi connectivity index (χ2n) is 5.86. The van der Waals surface area contributed by atoms with Gasteiger partial charge < -0.3 is 15.0 Å². The maximum absolute atomic E-state index is 12.1. The number of ether oxygens (including phenoxy) is 1. The highest BCUT2D eigenvalue weighted by Gasteiger charge is 2.28. The van der Waals surface area contributed by atoms with Crippen molar-refractivity contribution in [3.63, 3.8) is 0 Å². The molecular weight excluding hydrogens is 264 g/mol. The van der Waals surface area contributed by atoms with Crippen molar-refractivity contribution < 1.29 is 9.53 Å². The van der Waals surface area contributed by atoms with Gasteiger partial charge in [-0.25, -0.2) is 0 Å². The third kappa shape index (κ3) is 3.38. The predicted molar refractivity (Wildman–Crippen MR) is 86.0 cm³/mol. The lowest BCUT2D eigenvalue weighted by atomic mass is 9.85. The molecule has 0 bridgehead atoms. The fourth-order valence-electron chi connectivity index (χ4n) is 3.32. The Morgan fingerprint density at radius 1 is 1.48 bits per heavy atom. The Morgan fingerprint density at radius 2 is 2.24 bits per heavy atom. The van der Waals surface area contributed by atoms with Crippen molar-refractivity contribution in [3.05, 3.63) is 29.3 Å². The van der Waals surface area contributed by atoms with E-state index in [4.69, 9.17) is 4.74 Å². The average molecular weight is 290 g/mol. The van der Waals surface area contributed by atoms with E-state index in [9.17, 15) is 4.79 Å². The number of rotatable bonds is 5. The SMILES string of the molecule is CC[C@H]1[C@H](C)Cc2cc(C(=O)NCCOC)ccc2N1C. The molecule has 0 spiro atoms. The molecule has 1 aromatic carbocycles.